The molecule has 2 amide bonds. The first-order valence-electron chi connectivity index (χ1n) is 21.5. The summed E-state index contributed by atoms with van der Waals surface area (Å²) in [5.74, 6) is -1.55. The smallest absolute Gasteiger partial charge is 0.388 e. The summed E-state index contributed by atoms with van der Waals surface area (Å²) in [6.45, 7) is 6.52. The molecule has 352 valence electrons. The van der Waals surface area contributed by atoms with E-state index in [0.717, 1.165) is 24.0 Å². The van der Waals surface area contributed by atoms with Crippen LogP contribution in [0.15, 0.2) is 52.3 Å². The van der Waals surface area contributed by atoms with Gasteiger partial charge in [0.1, 0.15) is 17.4 Å². The normalized spacial score (nSPS) is 24.1. The van der Waals surface area contributed by atoms with Gasteiger partial charge in [-0.3, -0.25) is 24.4 Å². The summed E-state index contributed by atoms with van der Waals surface area (Å²) in [7, 11) is -3.93. The van der Waals surface area contributed by atoms with Crippen LogP contribution in [0, 0.1) is 12.8 Å². The third kappa shape index (κ3) is 9.97. The number of amides is 2. The molecule has 1 aliphatic carbocycles. The number of imide groups is 1. The van der Waals surface area contributed by atoms with Crippen LogP contribution in [0.2, 0.25) is 0 Å². The Labute approximate surface area is 370 Å². The molecule has 4 aliphatic rings. The van der Waals surface area contributed by atoms with Crippen LogP contribution in [0.5, 0.6) is 0 Å². The first-order chi connectivity index (χ1) is 30.6. The maximum Gasteiger partial charge on any atom is 0.493 e. The number of nitrogens with zero attached hydrogens (tertiary/aromatic N) is 7. The quantitative estimate of drug-likeness (QED) is 0.122. The van der Waals surface area contributed by atoms with Gasteiger partial charge in [0, 0.05) is 75.8 Å². The number of anilines is 4. The van der Waals surface area contributed by atoms with Crippen molar-refractivity contribution in [2.24, 2.45) is 5.92 Å². The molecule has 23 heteroatoms. The van der Waals surface area contributed by atoms with E-state index in [1.165, 1.54) is 35.2 Å². The predicted octanol–water partition coefficient (Wildman–Crippen LogP) is 5.13. The Morgan fingerprint density at radius 2 is 1.63 bits per heavy atom. The molecule has 8 rings (SSSR count). The molecular formula is C42H50F6N10O6S. The number of fused-ring (bicyclic) bond motifs is 1. The molecule has 0 radical (unpaired) electrons. The number of piperidine rings is 2. The van der Waals surface area contributed by atoms with Crippen LogP contribution in [0.1, 0.15) is 75.5 Å². The standard InChI is InChI=1S/C42H50F6N10O6S/c1-25-20-29(9-10-31(25)50-38-49-22-30(41(43,44)45)36(52-38)56-15-3-14-40(2,62)24-56)65(63,64)53-27-6-4-26(5-7-27)23-54-16-18-55(19-17-54)28-8-11-32-34(21-28)58(42(46,47)48)39(61)57(32)33-12-13-35(59)51-37(33)60/h8-11,20-22,26-27,33,53,62H,3-7,12-19,23-24H2,1-2H3,(H,49,50,52)(H,51,59,60)/t26?,27?,33?,40-/m0/s1. The number of carbonyl (C=O) groups is 2. The fourth-order valence-electron chi connectivity index (χ4n) is 9.52. The van der Waals surface area contributed by atoms with Crippen molar-refractivity contribution in [2.75, 3.05) is 60.9 Å². The molecule has 3 saturated heterocycles. The van der Waals surface area contributed by atoms with Gasteiger partial charge in [-0.1, -0.05) is 0 Å². The SMILES string of the molecule is Cc1cc(S(=O)(=O)NC2CCC(CN3CCN(c4ccc5c(c4)n(C(F)(F)F)c(=O)n5C4CCC(=O)NC4=O)CC3)CC2)ccc1Nc1ncc(C(F)(F)F)c(N2CCC[C@](C)(O)C2)n1. The number of imidazole rings is 1. The zero-order valence-electron chi connectivity index (χ0n) is 35.7. The van der Waals surface area contributed by atoms with E-state index >= 15 is 0 Å². The lowest BCUT2D eigenvalue weighted by molar-refractivity contribution is -0.203. The number of nitrogens with one attached hydrogen (secondary N) is 3. The van der Waals surface area contributed by atoms with E-state index < -0.39 is 57.2 Å². The molecule has 4 N–H and O–H groups in total. The van der Waals surface area contributed by atoms with Gasteiger partial charge in [0.05, 0.1) is 21.5 Å². The lowest BCUT2D eigenvalue weighted by atomic mass is 9.86. The number of carbonyl (C=O) groups excluding carboxylic acids is 2. The third-order valence-corrected chi connectivity index (χ3v) is 14.4. The third-order valence-electron chi connectivity index (χ3n) is 12.9. The van der Waals surface area contributed by atoms with Crippen molar-refractivity contribution >= 4 is 56.0 Å². The summed E-state index contributed by atoms with van der Waals surface area (Å²) in [5.41, 5.74) is -2.66. The van der Waals surface area contributed by atoms with Crippen LogP contribution in [0.3, 0.4) is 0 Å². The number of hydrogen-bond acceptors (Lipinski definition) is 12. The molecule has 4 aromatic rings. The van der Waals surface area contributed by atoms with Crippen molar-refractivity contribution in [3.05, 3.63) is 64.2 Å². The van der Waals surface area contributed by atoms with E-state index in [4.69, 9.17) is 0 Å². The topological polar surface area (TPSA) is 187 Å². The summed E-state index contributed by atoms with van der Waals surface area (Å²) < 4.78 is 115. The lowest BCUT2D eigenvalue weighted by Gasteiger charge is -2.39. The minimum Gasteiger partial charge on any atom is -0.388 e. The minimum absolute atomic E-state index is 0.0258. The van der Waals surface area contributed by atoms with Gasteiger partial charge in [0.25, 0.3) is 0 Å². The highest BCUT2D eigenvalue weighted by molar-refractivity contribution is 7.89. The number of hydrogen-bond donors (Lipinski definition) is 4. The second kappa shape index (κ2) is 17.5. The van der Waals surface area contributed by atoms with Crippen molar-refractivity contribution in [1.82, 2.24) is 34.0 Å². The van der Waals surface area contributed by atoms with Crippen LogP contribution in [0.25, 0.3) is 11.0 Å². The highest BCUT2D eigenvalue weighted by Crippen LogP contribution is 2.39. The number of β-amino-alcohol motifs (C(OH)–C–C–N with tert-alkyl or cyclic N) is 1. The molecule has 1 unspecified atom stereocenters. The number of halogens is 6. The van der Waals surface area contributed by atoms with E-state index in [2.05, 4.69) is 30.2 Å². The lowest BCUT2D eigenvalue weighted by Crippen LogP contribution is -2.48. The Kier molecular flexibility index (Phi) is 12.5. The summed E-state index contributed by atoms with van der Waals surface area (Å²) >= 11 is 0. The van der Waals surface area contributed by atoms with Gasteiger partial charge in [-0.2, -0.15) is 18.2 Å². The van der Waals surface area contributed by atoms with Crippen molar-refractivity contribution < 1.29 is 49.5 Å². The number of aromatic nitrogens is 4. The van der Waals surface area contributed by atoms with Gasteiger partial charge >= 0.3 is 18.2 Å². The molecule has 2 aromatic heterocycles. The second-order valence-electron chi connectivity index (χ2n) is 17.8. The summed E-state index contributed by atoms with van der Waals surface area (Å²) in [4.78, 5) is 51.1. The van der Waals surface area contributed by atoms with Crippen LogP contribution >= 0.6 is 0 Å². The number of aliphatic hydroxyl groups is 1. The molecule has 2 aromatic carbocycles. The number of alkyl halides is 6. The first kappa shape index (κ1) is 46.3. The Morgan fingerprint density at radius 3 is 2.28 bits per heavy atom. The number of piperazine rings is 1. The van der Waals surface area contributed by atoms with E-state index in [1.807, 2.05) is 4.90 Å². The first-order valence-corrected chi connectivity index (χ1v) is 23.0. The van der Waals surface area contributed by atoms with Gasteiger partial charge in [-0.05, 0) is 107 Å². The average Bonchev–Trinajstić information content (AvgIpc) is 3.53. The number of rotatable bonds is 10. The summed E-state index contributed by atoms with van der Waals surface area (Å²) in [5, 5.41) is 15.6. The monoisotopic (exact) mass is 936 g/mol. The highest BCUT2D eigenvalue weighted by atomic mass is 32.2. The predicted molar refractivity (Wildman–Crippen MR) is 227 cm³/mol. The Hall–Kier alpha value is -5.26. The van der Waals surface area contributed by atoms with Gasteiger partial charge in [-0.15, -0.1) is 13.2 Å². The van der Waals surface area contributed by atoms with E-state index in [1.54, 1.807) is 19.9 Å². The van der Waals surface area contributed by atoms with E-state index in [0.29, 0.717) is 80.9 Å². The van der Waals surface area contributed by atoms with E-state index in [9.17, 15) is 54.3 Å². The molecular weight excluding hydrogens is 887 g/mol. The van der Waals surface area contributed by atoms with Crippen molar-refractivity contribution in [2.45, 2.75) is 100 Å². The van der Waals surface area contributed by atoms with Crippen LogP contribution in [0.4, 0.5) is 49.5 Å². The number of aryl methyl sites for hydroxylation is 1. The van der Waals surface area contributed by atoms with Crippen LogP contribution in [-0.2, 0) is 32.1 Å². The molecule has 2 atom stereocenters. The molecule has 5 heterocycles. The van der Waals surface area contributed by atoms with Gasteiger partial charge in [-0.25, -0.2) is 27.5 Å². The molecule has 3 aliphatic heterocycles. The van der Waals surface area contributed by atoms with Crippen LogP contribution in [-0.4, -0.2) is 107 Å². The average molecular weight is 937 g/mol. The molecule has 0 spiro atoms. The Morgan fingerprint density at radius 1 is 0.908 bits per heavy atom. The van der Waals surface area contributed by atoms with Gasteiger partial charge < -0.3 is 20.2 Å². The highest BCUT2D eigenvalue weighted by Gasteiger charge is 2.41. The van der Waals surface area contributed by atoms with Crippen molar-refractivity contribution in [1.29, 1.82) is 0 Å². The maximum atomic E-state index is 14.2. The van der Waals surface area contributed by atoms with Crippen molar-refractivity contribution in [3.63, 3.8) is 0 Å². The fourth-order valence-corrected chi connectivity index (χ4v) is 10.9. The second-order valence-corrected chi connectivity index (χ2v) is 19.5. The molecule has 1 saturated carbocycles. The number of benzene rings is 2. The maximum absolute atomic E-state index is 14.2. The Bertz CT molecular complexity index is 2640. The molecule has 65 heavy (non-hydrogen) atoms. The Balaban J connectivity index is 0.846. The molecule has 4 fully saturated rings. The molecule has 0 bridgehead atoms. The zero-order valence-corrected chi connectivity index (χ0v) is 36.5. The zero-order chi connectivity index (χ0) is 46.6. The molecule has 16 nitrogen and oxygen atoms in total. The van der Waals surface area contributed by atoms with Crippen LogP contribution < -0.4 is 30.8 Å². The fraction of sp³-hybridized carbons (Fsp3) is 0.548. The van der Waals surface area contributed by atoms with Gasteiger partial charge in [0.2, 0.25) is 27.8 Å². The number of sulfonamides is 1. The summed E-state index contributed by atoms with van der Waals surface area (Å²) in [6, 6.07) is 7.18. The largest absolute Gasteiger partial charge is 0.493 e. The van der Waals surface area contributed by atoms with E-state index in [-0.39, 0.29) is 64.2 Å². The van der Waals surface area contributed by atoms with Crippen molar-refractivity contribution in [3.8, 4) is 0 Å². The minimum atomic E-state index is -5.05. The summed E-state index contributed by atoms with van der Waals surface area (Å²) in [6.07, 6.45) is -5.59. The van der Waals surface area contributed by atoms with Gasteiger partial charge in [0.15, 0.2) is 0 Å².